The molecule has 13 rings (SSSR count). The molecule has 81 heavy (non-hydrogen) atoms. The zero-order valence-corrected chi connectivity index (χ0v) is 44.1. The molecule has 21 nitrogen and oxygen atoms in total. The van der Waals surface area contributed by atoms with Crippen molar-refractivity contribution in [2.24, 2.45) is 0 Å². The molecule has 0 saturated carbocycles. The van der Waals surface area contributed by atoms with Gasteiger partial charge >= 0.3 is 0 Å². The first kappa shape index (κ1) is 50.7. The molecule has 0 unspecified atom stereocenters. The molecule has 7 heterocycles. The Balaban J connectivity index is 0.668. The molecule has 404 valence electrons. The zero-order valence-electron chi connectivity index (χ0n) is 44.1. The van der Waals surface area contributed by atoms with Crippen LogP contribution >= 0.6 is 0 Å². The molecule has 0 saturated heterocycles. The van der Waals surface area contributed by atoms with E-state index in [0.717, 1.165) is 60.4 Å². The Labute approximate surface area is 462 Å². The van der Waals surface area contributed by atoms with E-state index in [-0.39, 0.29) is 6.61 Å². The summed E-state index contributed by atoms with van der Waals surface area (Å²) >= 11 is 0. The summed E-state index contributed by atoms with van der Waals surface area (Å²) in [6.07, 6.45) is 3.40. The van der Waals surface area contributed by atoms with Crippen LogP contribution < -0.4 is 19.5 Å². The monoisotopic (exact) mass is 1080 g/mol. The first-order chi connectivity index (χ1) is 40.0. The molecule has 0 spiro atoms. The number of benzene rings is 6. The van der Waals surface area contributed by atoms with Crippen molar-refractivity contribution < 1.29 is 33.2 Å². The van der Waals surface area contributed by atoms with E-state index in [9.17, 15) is 0 Å². The second-order valence-corrected chi connectivity index (χ2v) is 18.8. The van der Waals surface area contributed by atoms with Crippen molar-refractivity contribution >= 4 is 66.5 Å². The Kier molecular flexibility index (Phi) is 14.3. The van der Waals surface area contributed by atoms with Gasteiger partial charge in [-0.15, -0.1) is 5.10 Å². The summed E-state index contributed by atoms with van der Waals surface area (Å²) in [5.41, 5.74) is 8.89. The van der Waals surface area contributed by atoms with Gasteiger partial charge in [0.25, 0.3) is 0 Å². The predicted octanol–water partition coefficient (Wildman–Crippen LogP) is 9.98. The fraction of sp³-hybridized carbons (Fsp3) is 0.200. The average Bonchev–Trinajstić information content (AvgIpc) is 4.54. The number of aromatic nitrogens is 13. The van der Waals surface area contributed by atoms with Crippen LogP contribution in [0, 0.1) is 0 Å². The van der Waals surface area contributed by atoms with Gasteiger partial charge in [0, 0.05) is 75.3 Å². The van der Waals surface area contributed by atoms with Crippen LogP contribution in [0.15, 0.2) is 140 Å². The lowest BCUT2D eigenvalue weighted by Crippen LogP contribution is -2.13. The maximum Gasteiger partial charge on any atom is 0.164 e. The van der Waals surface area contributed by atoms with Gasteiger partial charge in [0.15, 0.2) is 34.8 Å². The molecule has 0 aliphatic carbocycles. The van der Waals surface area contributed by atoms with Crippen molar-refractivity contribution in [2.45, 2.75) is 6.54 Å². The third kappa shape index (κ3) is 10.5. The summed E-state index contributed by atoms with van der Waals surface area (Å²) < 4.78 is 42.5. The van der Waals surface area contributed by atoms with Crippen molar-refractivity contribution in [3.8, 4) is 74.1 Å². The van der Waals surface area contributed by atoms with E-state index in [1.54, 1.807) is 18.9 Å². The van der Waals surface area contributed by atoms with E-state index in [1.165, 1.54) is 6.33 Å². The predicted molar refractivity (Wildman–Crippen MR) is 306 cm³/mol. The van der Waals surface area contributed by atoms with E-state index in [4.69, 9.17) is 63.1 Å². The van der Waals surface area contributed by atoms with Gasteiger partial charge in [-0.3, -0.25) is 0 Å². The lowest BCUT2D eigenvalue weighted by Gasteiger charge is -2.15. The average molecular weight is 1080 g/mol. The summed E-state index contributed by atoms with van der Waals surface area (Å²) in [7, 11) is 3.25. The standard InChI is InChI=1S/C60H52N14O7/c1-75-23-28-80-49-32-45-46(33-50(49)81-29-24-76-2)61-35-62-52(45)63-37-12-9-11-36(31-37)47-34-74(73-72-47)21-22-77-25-26-78-27-30-79-48-20-10-19-44-51(48)60-70-58-43-18-8-7-17-42(43)56(68-58)66-54-39-14-4-3-13-38(39)53(64-54)65-55-40-15-5-6-16-41(40)57(67-55)69-59(44)71-60/h3-20,31-35H,21-30H2,1-2H3,(H,61,62,63)(H2,64,65,66,67,68,69,70,71). The number of nitrogens with zero attached hydrogens (tertiary/aromatic N) is 11. The molecule has 2 aliphatic heterocycles. The molecule has 6 aromatic carbocycles. The van der Waals surface area contributed by atoms with Crippen LogP contribution in [-0.2, 0) is 25.5 Å². The second-order valence-electron chi connectivity index (χ2n) is 18.8. The van der Waals surface area contributed by atoms with E-state index < -0.39 is 0 Å². The molecular weight excluding hydrogens is 1030 g/mol. The van der Waals surface area contributed by atoms with E-state index >= 15 is 0 Å². The van der Waals surface area contributed by atoms with E-state index in [1.807, 2.05) is 134 Å². The Morgan fingerprint density at radius 1 is 0.469 bits per heavy atom. The quantitative estimate of drug-likeness (QED) is 0.0567. The Morgan fingerprint density at radius 2 is 1.01 bits per heavy atom. The lowest BCUT2D eigenvalue weighted by molar-refractivity contribution is 0.0334. The van der Waals surface area contributed by atoms with Crippen LogP contribution in [0.4, 0.5) is 11.5 Å². The molecule has 0 radical (unpaired) electrons. The van der Waals surface area contributed by atoms with Gasteiger partial charge in [-0.05, 0) is 24.3 Å². The van der Waals surface area contributed by atoms with E-state index in [2.05, 4.69) is 35.6 Å². The van der Waals surface area contributed by atoms with Crippen LogP contribution in [0.3, 0.4) is 0 Å². The molecule has 3 N–H and O–H groups in total. The number of ether oxygens (including phenoxy) is 7. The van der Waals surface area contributed by atoms with Gasteiger partial charge in [0.05, 0.1) is 63.3 Å². The normalized spacial score (nSPS) is 11.8. The minimum absolute atomic E-state index is 0.272. The largest absolute Gasteiger partial charge is 0.490 e. The maximum absolute atomic E-state index is 6.46. The second kappa shape index (κ2) is 22.9. The van der Waals surface area contributed by atoms with Crippen LogP contribution in [0.5, 0.6) is 17.2 Å². The Morgan fingerprint density at radius 3 is 1.68 bits per heavy atom. The maximum atomic E-state index is 6.46. The highest BCUT2D eigenvalue weighted by molar-refractivity contribution is 6.09. The fourth-order valence-corrected chi connectivity index (χ4v) is 9.76. The molecule has 5 aromatic heterocycles. The smallest absolute Gasteiger partial charge is 0.164 e. The van der Waals surface area contributed by atoms with E-state index in [0.29, 0.717) is 140 Å². The summed E-state index contributed by atoms with van der Waals surface area (Å²) in [5, 5.41) is 16.4. The third-order valence-corrected chi connectivity index (χ3v) is 13.6. The molecule has 0 amide bonds. The van der Waals surface area contributed by atoms with Gasteiger partial charge in [0.2, 0.25) is 0 Å². The van der Waals surface area contributed by atoms with Gasteiger partial charge in [0.1, 0.15) is 66.0 Å². The van der Waals surface area contributed by atoms with Gasteiger partial charge in [-0.1, -0.05) is 102 Å². The number of hydrogen-bond donors (Lipinski definition) is 3. The van der Waals surface area contributed by atoms with Crippen molar-refractivity contribution in [3.63, 3.8) is 0 Å². The number of aromatic amines is 2. The van der Waals surface area contributed by atoms with Crippen molar-refractivity contribution in [1.29, 1.82) is 0 Å². The van der Waals surface area contributed by atoms with Crippen molar-refractivity contribution in [1.82, 2.24) is 64.8 Å². The molecule has 0 fully saturated rings. The topological polar surface area (TPSA) is 242 Å². The molecule has 0 atom stereocenters. The lowest BCUT2D eigenvalue weighted by atomic mass is 10.1. The van der Waals surface area contributed by atoms with Gasteiger partial charge < -0.3 is 48.4 Å². The van der Waals surface area contributed by atoms with Crippen LogP contribution in [0.25, 0.3) is 112 Å². The highest BCUT2D eigenvalue weighted by atomic mass is 16.6. The third-order valence-electron chi connectivity index (χ3n) is 13.6. The minimum atomic E-state index is 0.272. The number of H-pyrrole nitrogens is 2. The first-order valence-electron chi connectivity index (χ1n) is 26.4. The summed E-state index contributed by atoms with van der Waals surface area (Å²) in [5.74, 6) is 4.41. The number of hydrogen-bond acceptors (Lipinski definition) is 18. The molecule has 11 aromatic rings. The highest BCUT2D eigenvalue weighted by Crippen LogP contribution is 2.39. The highest BCUT2D eigenvalue weighted by Gasteiger charge is 2.23. The zero-order chi connectivity index (χ0) is 54.5. The van der Waals surface area contributed by atoms with Crippen molar-refractivity contribution in [3.05, 3.63) is 140 Å². The number of rotatable bonds is 21. The fourth-order valence-electron chi connectivity index (χ4n) is 9.76. The summed E-state index contributed by atoms with van der Waals surface area (Å²) in [6.45, 7) is 3.82. The SMILES string of the molecule is COCCOc1cc2ncnc(Nc3cccc(-c4cn(CCOCCOCCOc5cccc6c7nc8nc(nc9[nH]c(nc%10nc(nc([nH]7)c56)-c5ccccc5-%10)c5ccccc95)-c5ccccc5-8)nn4)c3)c2cc1OCCOC. The molecule has 2 aliphatic rings. The van der Waals surface area contributed by atoms with Crippen LogP contribution in [-0.4, -0.2) is 139 Å². The van der Waals surface area contributed by atoms with Crippen molar-refractivity contribution in [2.75, 3.05) is 79.0 Å². The van der Waals surface area contributed by atoms with Crippen LogP contribution in [0.1, 0.15) is 0 Å². The number of fused-ring (bicyclic) bond motifs is 21. The van der Waals surface area contributed by atoms with Crippen LogP contribution in [0.2, 0.25) is 0 Å². The Bertz CT molecular complexity index is 4290. The molecule has 21 heteroatoms. The molecule has 8 bridgehead atoms. The summed E-state index contributed by atoms with van der Waals surface area (Å²) in [4.78, 5) is 46.6. The Hall–Kier alpha value is -9.80. The first-order valence-corrected chi connectivity index (χ1v) is 26.4. The van der Waals surface area contributed by atoms with Gasteiger partial charge in [-0.25, -0.2) is 44.6 Å². The number of methoxy groups -OCH3 is 2. The van der Waals surface area contributed by atoms with Gasteiger partial charge in [-0.2, -0.15) is 0 Å². The summed E-state index contributed by atoms with van der Waals surface area (Å²) in [6, 6.07) is 41.4. The number of anilines is 2. The minimum Gasteiger partial charge on any atom is -0.490 e. The number of nitrogens with one attached hydrogen (secondary N) is 3. The molecular formula is C60H52N14O7.